The first-order valence-electron chi connectivity index (χ1n) is 7.54. The van der Waals surface area contributed by atoms with E-state index >= 15 is 0 Å². The molecule has 0 radical (unpaired) electrons. The van der Waals surface area contributed by atoms with Crippen molar-refractivity contribution in [1.82, 2.24) is 4.90 Å². The Morgan fingerprint density at radius 3 is 2.77 bits per heavy atom. The second kappa shape index (κ2) is 6.24. The molecule has 0 spiro atoms. The van der Waals surface area contributed by atoms with Crippen molar-refractivity contribution in [2.75, 3.05) is 20.6 Å². The van der Waals surface area contributed by atoms with Gasteiger partial charge in [0.25, 0.3) is 0 Å². The minimum absolute atomic E-state index is 0.264. The van der Waals surface area contributed by atoms with Gasteiger partial charge in [0, 0.05) is 12.1 Å². The zero-order chi connectivity index (χ0) is 15.5. The maximum absolute atomic E-state index is 9.87. The van der Waals surface area contributed by atoms with Gasteiger partial charge in [0.15, 0.2) is 0 Å². The Balaban J connectivity index is 2.10. The topological polar surface area (TPSA) is 32.7 Å². The van der Waals surface area contributed by atoms with Gasteiger partial charge in [0.05, 0.1) is 0 Å². The molecule has 3 nitrogen and oxygen atoms in total. The van der Waals surface area contributed by atoms with Crippen LogP contribution in [0.25, 0.3) is 5.57 Å². The van der Waals surface area contributed by atoms with Gasteiger partial charge in [-0.25, -0.2) is 0 Å². The highest BCUT2D eigenvalue weighted by Gasteiger charge is 2.19. The average Bonchev–Trinajstić information content (AvgIpc) is 2.65. The summed E-state index contributed by atoms with van der Waals surface area (Å²) in [6.45, 7) is 1.54. The van der Waals surface area contributed by atoms with E-state index in [0.717, 1.165) is 29.9 Å². The third-order valence-corrected chi connectivity index (χ3v) is 3.87. The first kappa shape index (κ1) is 14.7. The zero-order valence-electron chi connectivity index (χ0n) is 13.0. The van der Waals surface area contributed by atoms with Crippen molar-refractivity contribution in [1.29, 1.82) is 0 Å². The molecule has 0 unspecified atom stereocenters. The van der Waals surface area contributed by atoms with E-state index in [1.165, 1.54) is 11.1 Å². The third-order valence-electron chi connectivity index (χ3n) is 3.87. The van der Waals surface area contributed by atoms with Crippen LogP contribution in [0, 0.1) is 0 Å². The Hall–Kier alpha value is -2.26. The van der Waals surface area contributed by atoms with Crippen LogP contribution >= 0.6 is 0 Å². The van der Waals surface area contributed by atoms with Crippen molar-refractivity contribution in [2.45, 2.75) is 13.0 Å². The molecule has 0 amide bonds. The van der Waals surface area contributed by atoms with E-state index in [-0.39, 0.29) is 5.75 Å². The summed E-state index contributed by atoms with van der Waals surface area (Å²) in [6.07, 6.45) is 3.19. The molecular formula is C19H21NO2. The molecule has 1 heterocycles. The van der Waals surface area contributed by atoms with Crippen LogP contribution in [0.3, 0.4) is 0 Å². The van der Waals surface area contributed by atoms with Crippen LogP contribution in [-0.4, -0.2) is 30.6 Å². The van der Waals surface area contributed by atoms with E-state index in [4.69, 9.17) is 4.74 Å². The number of benzene rings is 2. The summed E-state index contributed by atoms with van der Waals surface area (Å²) in [5, 5.41) is 9.87. The maximum Gasteiger partial charge on any atom is 0.127 e. The Morgan fingerprint density at radius 2 is 1.95 bits per heavy atom. The van der Waals surface area contributed by atoms with Crippen LogP contribution in [-0.2, 0) is 6.61 Å². The third kappa shape index (κ3) is 3.00. The van der Waals surface area contributed by atoms with Crippen LogP contribution in [0.1, 0.15) is 23.1 Å². The number of rotatable bonds is 3. The van der Waals surface area contributed by atoms with E-state index in [1.807, 2.05) is 18.2 Å². The van der Waals surface area contributed by atoms with Gasteiger partial charge in [-0.2, -0.15) is 0 Å². The highest BCUT2D eigenvalue weighted by atomic mass is 16.5. The molecule has 0 bridgehead atoms. The van der Waals surface area contributed by atoms with Crippen molar-refractivity contribution in [3.8, 4) is 11.5 Å². The van der Waals surface area contributed by atoms with Crippen LogP contribution in [0.5, 0.6) is 11.5 Å². The van der Waals surface area contributed by atoms with Crippen molar-refractivity contribution < 1.29 is 9.84 Å². The van der Waals surface area contributed by atoms with Gasteiger partial charge in [0.2, 0.25) is 0 Å². The van der Waals surface area contributed by atoms with E-state index in [1.54, 1.807) is 12.1 Å². The molecule has 22 heavy (non-hydrogen) atoms. The first-order valence-corrected chi connectivity index (χ1v) is 7.54. The summed E-state index contributed by atoms with van der Waals surface area (Å²) in [7, 11) is 4.14. The van der Waals surface area contributed by atoms with Crippen LogP contribution in [0.15, 0.2) is 48.5 Å². The molecule has 0 saturated heterocycles. The quantitative estimate of drug-likeness (QED) is 0.938. The summed E-state index contributed by atoms with van der Waals surface area (Å²) in [6, 6.07) is 13.6. The predicted octanol–water partition coefficient (Wildman–Crippen LogP) is 3.67. The minimum Gasteiger partial charge on any atom is -0.508 e. The van der Waals surface area contributed by atoms with Gasteiger partial charge in [-0.3, -0.25) is 0 Å². The van der Waals surface area contributed by atoms with Crippen molar-refractivity contribution in [3.05, 3.63) is 65.2 Å². The maximum atomic E-state index is 9.87. The lowest BCUT2D eigenvalue weighted by Gasteiger charge is -2.12. The fourth-order valence-corrected chi connectivity index (χ4v) is 2.75. The summed E-state index contributed by atoms with van der Waals surface area (Å²) >= 11 is 0. The largest absolute Gasteiger partial charge is 0.508 e. The highest BCUT2D eigenvalue weighted by Crippen LogP contribution is 2.38. The molecule has 1 N–H and O–H groups in total. The first-order chi connectivity index (χ1) is 10.6. The van der Waals surface area contributed by atoms with E-state index in [2.05, 4.69) is 37.2 Å². The number of hydrogen-bond acceptors (Lipinski definition) is 3. The number of phenolic OH excluding ortho intramolecular Hbond substituents is 1. The fourth-order valence-electron chi connectivity index (χ4n) is 2.75. The lowest BCUT2D eigenvalue weighted by molar-refractivity contribution is 0.306. The molecule has 0 atom stereocenters. The van der Waals surface area contributed by atoms with E-state index in [0.29, 0.717) is 6.61 Å². The van der Waals surface area contributed by atoms with Crippen molar-refractivity contribution in [3.63, 3.8) is 0 Å². The van der Waals surface area contributed by atoms with Gasteiger partial charge in [0.1, 0.15) is 18.1 Å². The number of ether oxygens (including phenoxy) is 1. The second-order valence-corrected chi connectivity index (χ2v) is 5.84. The molecule has 1 aliphatic heterocycles. The zero-order valence-corrected chi connectivity index (χ0v) is 13.0. The van der Waals surface area contributed by atoms with E-state index < -0.39 is 0 Å². The SMILES string of the molecule is CN(C)CC/C=C1/c2ccccc2COc2ccc(O)cc21. The number of hydrogen-bond donors (Lipinski definition) is 1. The molecule has 3 heteroatoms. The normalized spacial score (nSPS) is 15.1. The molecular weight excluding hydrogens is 274 g/mol. The molecule has 0 aromatic heterocycles. The van der Waals surface area contributed by atoms with Gasteiger partial charge in [-0.15, -0.1) is 0 Å². The molecule has 3 rings (SSSR count). The average molecular weight is 295 g/mol. The lowest BCUT2D eigenvalue weighted by atomic mass is 9.93. The summed E-state index contributed by atoms with van der Waals surface area (Å²) in [4.78, 5) is 2.17. The predicted molar refractivity (Wildman–Crippen MR) is 89.1 cm³/mol. The van der Waals surface area contributed by atoms with Gasteiger partial charge < -0.3 is 14.7 Å². The number of fused-ring (bicyclic) bond motifs is 2. The number of phenols is 1. The monoisotopic (exact) mass is 295 g/mol. The molecule has 1 aliphatic rings. The van der Waals surface area contributed by atoms with Crippen molar-refractivity contribution >= 4 is 5.57 Å². The standard InChI is InChI=1S/C19H21NO2/c1-20(2)11-5-8-17-16-7-4-3-6-14(16)13-22-19-10-9-15(21)12-18(17)19/h3-4,6-10,12,21H,5,11,13H2,1-2H3/b17-8-. The summed E-state index contributed by atoms with van der Waals surface area (Å²) < 4.78 is 5.93. The Morgan fingerprint density at radius 1 is 1.14 bits per heavy atom. The molecule has 0 aliphatic carbocycles. The Kier molecular flexibility index (Phi) is 4.16. The summed E-state index contributed by atoms with van der Waals surface area (Å²) in [5.74, 6) is 1.09. The number of aromatic hydroxyl groups is 1. The second-order valence-electron chi connectivity index (χ2n) is 5.84. The van der Waals surface area contributed by atoms with Crippen LogP contribution < -0.4 is 4.74 Å². The van der Waals surface area contributed by atoms with Crippen LogP contribution in [0.4, 0.5) is 0 Å². The minimum atomic E-state index is 0.264. The Labute approximate surface area is 131 Å². The molecule has 0 saturated carbocycles. The van der Waals surface area contributed by atoms with Crippen molar-refractivity contribution in [2.24, 2.45) is 0 Å². The molecule has 2 aromatic carbocycles. The number of nitrogens with zero attached hydrogens (tertiary/aromatic N) is 1. The van der Waals surface area contributed by atoms with Gasteiger partial charge >= 0.3 is 0 Å². The molecule has 2 aromatic rings. The highest BCUT2D eigenvalue weighted by molar-refractivity contribution is 5.85. The van der Waals surface area contributed by atoms with Gasteiger partial charge in [-0.1, -0.05) is 30.3 Å². The molecule has 0 fully saturated rings. The smallest absolute Gasteiger partial charge is 0.127 e. The van der Waals surface area contributed by atoms with E-state index in [9.17, 15) is 5.11 Å². The summed E-state index contributed by atoms with van der Waals surface area (Å²) in [5.41, 5.74) is 4.46. The lowest BCUT2D eigenvalue weighted by Crippen LogP contribution is -2.12. The van der Waals surface area contributed by atoms with Gasteiger partial charge in [-0.05, 0) is 55.4 Å². The Bertz CT molecular complexity index is 704. The van der Waals surface area contributed by atoms with Crippen LogP contribution in [0.2, 0.25) is 0 Å². The molecule has 114 valence electrons. The fraction of sp³-hybridized carbons (Fsp3) is 0.263.